The molecule has 4 aromatic rings. The van der Waals surface area contributed by atoms with Crippen molar-refractivity contribution in [1.29, 1.82) is 0 Å². The minimum absolute atomic E-state index is 0.124. The molecule has 2 fully saturated rings. The molecule has 2 aliphatic rings. The topological polar surface area (TPSA) is 53.8 Å². The van der Waals surface area contributed by atoms with Gasteiger partial charge < -0.3 is 19.1 Å². The van der Waals surface area contributed by atoms with E-state index >= 15 is 0 Å². The molecule has 7 nitrogen and oxygen atoms in total. The Bertz CT molecular complexity index is 1460. The fourth-order valence-corrected chi connectivity index (χ4v) is 6.48. The van der Waals surface area contributed by atoms with Crippen molar-refractivity contribution in [2.24, 2.45) is 5.92 Å². The number of para-hydroxylation sites is 2. The minimum Gasteiger partial charge on any atom is -0.497 e. The first-order valence-electron chi connectivity index (χ1n) is 15.5. The quantitative estimate of drug-likeness (QED) is 0.264. The standard InChI is InChI=1S/C35H43N5O2/c1-3-6-27-9-13-30(14-10-27)38-21-23-39(24-22-38)35(41)29-17-19-37(20-18-29)26-34-36-32-7-4-5-8-33(32)40(34)25-28-11-15-31(42-2)16-12-28/h4-5,7-16,29H,3,6,17-26H2,1-2H3. The number of imidazole rings is 1. The number of nitrogens with zero attached hydrogens (tertiary/aromatic N) is 5. The van der Waals surface area contributed by atoms with Gasteiger partial charge in [0, 0.05) is 44.3 Å². The molecular weight excluding hydrogens is 522 g/mol. The van der Waals surface area contributed by atoms with Gasteiger partial charge in [-0.3, -0.25) is 9.69 Å². The lowest BCUT2D eigenvalue weighted by Crippen LogP contribution is -2.51. The SMILES string of the molecule is CCCc1ccc(N2CCN(C(=O)C3CCN(Cc4nc5ccccc5n4Cc4ccc(OC)cc4)CC3)CC2)cc1. The number of aromatic nitrogens is 2. The summed E-state index contributed by atoms with van der Waals surface area (Å²) in [7, 11) is 1.70. The Morgan fingerprint density at radius 2 is 1.52 bits per heavy atom. The van der Waals surface area contributed by atoms with Gasteiger partial charge in [-0.2, -0.15) is 0 Å². The van der Waals surface area contributed by atoms with Crippen molar-refractivity contribution >= 4 is 22.6 Å². The van der Waals surface area contributed by atoms with E-state index in [0.29, 0.717) is 5.91 Å². The number of aryl methyl sites for hydroxylation is 1. The van der Waals surface area contributed by atoms with E-state index in [9.17, 15) is 4.79 Å². The van der Waals surface area contributed by atoms with E-state index in [1.165, 1.54) is 23.2 Å². The van der Waals surface area contributed by atoms with Crippen LogP contribution in [0.5, 0.6) is 5.75 Å². The molecule has 0 N–H and O–H groups in total. The van der Waals surface area contributed by atoms with E-state index in [-0.39, 0.29) is 5.92 Å². The van der Waals surface area contributed by atoms with Crippen LogP contribution in [0.25, 0.3) is 11.0 Å². The summed E-state index contributed by atoms with van der Waals surface area (Å²) in [6.07, 6.45) is 4.13. The molecule has 42 heavy (non-hydrogen) atoms. The van der Waals surface area contributed by atoms with Crippen LogP contribution in [0.1, 0.15) is 43.1 Å². The summed E-state index contributed by atoms with van der Waals surface area (Å²) in [5, 5.41) is 0. The highest BCUT2D eigenvalue weighted by Gasteiger charge is 2.31. The zero-order valence-electron chi connectivity index (χ0n) is 25.0. The number of carbonyl (C=O) groups is 1. The molecule has 7 heteroatoms. The lowest BCUT2D eigenvalue weighted by molar-refractivity contribution is -0.137. The van der Waals surface area contributed by atoms with Crippen molar-refractivity contribution < 1.29 is 9.53 Å². The number of methoxy groups -OCH3 is 1. The van der Waals surface area contributed by atoms with E-state index in [4.69, 9.17) is 9.72 Å². The van der Waals surface area contributed by atoms with Gasteiger partial charge in [0.1, 0.15) is 11.6 Å². The second-order valence-electron chi connectivity index (χ2n) is 11.7. The molecule has 2 saturated heterocycles. The Morgan fingerprint density at radius 3 is 2.21 bits per heavy atom. The Kier molecular flexibility index (Phi) is 8.75. The molecule has 0 spiro atoms. The predicted octanol–water partition coefficient (Wildman–Crippen LogP) is 5.61. The maximum absolute atomic E-state index is 13.5. The normalized spacial score (nSPS) is 16.7. The third-order valence-electron chi connectivity index (χ3n) is 8.97. The number of anilines is 1. The van der Waals surface area contributed by atoms with Gasteiger partial charge in [-0.15, -0.1) is 0 Å². The van der Waals surface area contributed by atoms with E-state index < -0.39 is 0 Å². The molecule has 3 aromatic carbocycles. The van der Waals surface area contributed by atoms with Gasteiger partial charge in [-0.05, 0) is 79.9 Å². The number of rotatable bonds is 9. The number of hydrogen-bond acceptors (Lipinski definition) is 5. The minimum atomic E-state index is 0.124. The van der Waals surface area contributed by atoms with Crippen LogP contribution in [-0.2, 0) is 24.3 Å². The first-order valence-corrected chi connectivity index (χ1v) is 15.5. The average Bonchev–Trinajstić information content (AvgIpc) is 3.38. The van der Waals surface area contributed by atoms with Crippen LogP contribution in [0.4, 0.5) is 5.69 Å². The third-order valence-corrected chi connectivity index (χ3v) is 8.97. The summed E-state index contributed by atoms with van der Waals surface area (Å²) >= 11 is 0. The molecule has 0 radical (unpaired) electrons. The molecule has 3 heterocycles. The van der Waals surface area contributed by atoms with Crippen LogP contribution >= 0.6 is 0 Å². The number of benzene rings is 3. The van der Waals surface area contributed by atoms with Gasteiger partial charge in [0.05, 0.1) is 24.7 Å². The van der Waals surface area contributed by atoms with Crippen LogP contribution in [0.15, 0.2) is 72.8 Å². The highest BCUT2D eigenvalue weighted by molar-refractivity contribution is 5.79. The number of fused-ring (bicyclic) bond motifs is 1. The first kappa shape index (κ1) is 28.3. The molecular formula is C35H43N5O2. The molecule has 0 unspecified atom stereocenters. The number of piperidine rings is 1. The molecule has 0 atom stereocenters. The van der Waals surface area contributed by atoms with Crippen molar-refractivity contribution in [3.63, 3.8) is 0 Å². The molecule has 2 aliphatic heterocycles. The molecule has 0 saturated carbocycles. The fraction of sp³-hybridized carbons (Fsp3) is 0.429. The second-order valence-corrected chi connectivity index (χ2v) is 11.7. The first-order chi connectivity index (χ1) is 20.6. The number of likely N-dealkylation sites (tertiary alicyclic amines) is 1. The highest BCUT2D eigenvalue weighted by atomic mass is 16.5. The molecule has 0 bridgehead atoms. The van der Waals surface area contributed by atoms with Gasteiger partial charge >= 0.3 is 0 Å². The van der Waals surface area contributed by atoms with E-state index in [2.05, 4.69) is 86.9 Å². The second kappa shape index (κ2) is 13.0. The van der Waals surface area contributed by atoms with Gasteiger partial charge in [-0.1, -0.05) is 49.7 Å². The number of ether oxygens (including phenoxy) is 1. The number of hydrogen-bond donors (Lipinski definition) is 0. The van der Waals surface area contributed by atoms with Crippen molar-refractivity contribution in [2.45, 2.75) is 45.7 Å². The fourth-order valence-electron chi connectivity index (χ4n) is 6.48. The predicted molar refractivity (Wildman–Crippen MR) is 169 cm³/mol. The third kappa shape index (κ3) is 6.31. The monoisotopic (exact) mass is 565 g/mol. The van der Waals surface area contributed by atoms with Crippen molar-refractivity contribution in [2.75, 3.05) is 51.3 Å². The molecule has 0 aliphatic carbocycles. The molecule has 1 amide bonds. The lowest BCUT2D eigenvalue weighted by atomic mass is 9.95. The summed E-state index contributed by atoms with van der Waals surface area (Å²) in [6, 6.07) is 25.6. The van der Waals surface area contributed by atoms with Crippen LogP contribution in [0, 0.1) is 5.92 Å². The lowest BCUT2D eigenvalue weighted by Gasteiger charge is -2.39. The maximum atomic E-state index is 13.5. The number of carbonyl (C=O) groups excluding carboxylic acids is 1. The number of amides is 1. The summed E-state index contributed by atoms with van der Waals surface area (Å²) in [6.45, 7) is 9.06. The molecule has 220 valence electrons. The zero-order valence-corrected chi connectivity index (χ0v) is 25.0. The Balaban J connectivity index is 1.04. The highest BCUT2D eigenvalue weighted by Crippen LogP contribution is 2.25. The van der Waals surface area contributed by atoms with Crippen molar-refractivity contribution in [1.82, 2.24) is 19.4 Å². The molecule has 6 rings (SSSR count). The van der Waals surface area contributed by atoms with E-state index in [0.717, 1.165) is 94.2 Å². The van der Waals surface area contributed by atoms with Crippen LogP contribution in [0.2, 0.25) is 0 Å². The Hall–Kier alpha value is -3.84. The van der Waals surface area contributed by atoms with Crippen molar-refractivity contribution in [3.8, 4) is 5.75 Å². The molecule has 1 aromatic heterocycles. The van der Waals surface area contributed by atoms with Gasteiger partial charge in [0.25, 0.3) is 0 Å². The van der Waals surface area contributed by atoms with Gasteiger partial charge in [-0.25, -0.2) is 4.98 Å². The smallest absolute Gasteiger partial charge is 0.225 e. The number of piperazine rings is 1. The zero-order chi connectivity index (χ0) is 28.9. The van der Waals surface area contributed by atoms with E-state index in [1.54, 1.807) is 7.11 Å². The Morgan fingerprint density at radius 1 is 0.833 bits per heavy atom. The van der Waals surface area contributed by atoms with Crippen LogP contribution in [-0.4, -0.2) is 71.6 Å². The summed E-state index contributed by atoms with van der Waals surface area (Å²) in [4.78, 5) is 25.5. The summed E-state index contributed by atoms with van der Waals surface area (Å²) < 4.78 is 7.68. The Labute approximate surface area is 249 Å². The average molecular weight is 566 g/mol. The largest absolute Gasteiger partial charge is 0.497 e. The van der Waals surface area contributed by atoms with Crippen LogP contribution < -0.4 is 9.64 Å². The summed E-state index contributed by atoms with van der Waals surface area (Å²) in [5.74, 6) is 2.42. The van der Waals surface area contributed by atoms with Crippen LogP contribution in [0.3, 0.4) is 0 Å². The van der Waals surface area contributed by atoms with E-state index in [1.807, 2.05) is 12.1 Å². The van der Waals surface area contributed by atoms with Gasteiger partial charge in [0.2, 0.25) is 5.91 Å². The maximum Gasteiger partial charge on any atom is 0.225 e. The van der Waals surface area contributed by atoms with Gasteiger partial charge in [0.15, 0.2) is 0 Å². The van der Waals surface area contributed by atoms with Crippen molar-refractivity contribution in [3.05, 3.63) is 89.7 Å². The summed E-state index contributed by atoms with van der Waals surface area (Å²) in [5.41, 5.74) is 6.08.